The molecule has 0 radical (unpaired) electrons. The number of rotatable bonds is 13. The highest BCUT2D eigenvalue weighted by Crippen LogP contribution is 2.46. The first-order valence-electron chi connectivity index (χ1n) is 14.2. The highest BCUT2D eigenvalue weighted by Gasteiger charge is 2.33. The summed E-state index contributed by atoms with van der Waals surface area (Å²) in [7, 11) is 0. The van der Waals surface area contributed by atoms with Crippen LogP contribution in [0.1, 0.15) is 66.9 Å². The number of hydrogen-bond acceptors (Lipinski definition) is 6. The van der Waals surface area contributed by atoms with E-state index in [-0.39, 0.29) is 22.8 Å². The lowest BCUT2D eigenvalue weighted by Gasteiger charge is -2.37. The topological polar surface area (TPSA) is 63.2 Å². The summed E-state index contributed by atoms with van der Waals surface area (Å²) in [6.07, 6.45) is -0.577. The molecule has 9 heteroatoms. The van der Waals surface area contributed by atoms with E-state index in [1.54, 1.807) is 6.07 Å². The summed E-state index contributed by atoms with van der Waals surface area (Å²) in [5, 5.41) is 0. The molecule has 0 saturated carbocycles. The van der Waals surface area contributed by atoms with Crippen molar-refractivity contribution in [1.29, 1.82) is 0 Å². The zero-order valence-corrected chi connectivity index (χ0v) is 23.8. The number of benzene rings is 3. The third-order valence-corrected chi connectivity index (χ3v) is 7.60. The molecule has 0 bridgehead atoms. The first-order chi connectivity index (χ1) is 20.1. The van der Waals surface area contributed by atoms with E-state index in [0.717, 1.165) is 92.2 Å². The van der Waals surface area contributed by atoms with Gasteiger partial charge in [0.1, 0.15) is 17.2 Å². The molecule has 5 rings (SSSR count). The largest absolute Gasteiger partial charge is 0.573 e. The molecular formula is C33H35F3O6. The molecule has 6 nitrogen and oxygen atoms in total. The van der Waals surface area contributed by atoms with Crippen molar-refractivity contribution in [2.45, 2.75) is 51.8 Å². The smallest absolute Gasteiger partial charge is 0.494 e. The summed E-state index contributed by atoms with van der Waals surface area (Å²) in [5.74, 6) is 0.0171. The van der Waals surface area contributed by atoms with Crippen molar-refractivity contribution in [2.75, 3.05) is 33.0 Å². The monoisotopic (exact) mass is 584 g/mol. The lowest BCUT2D eigenvalue weighted by Crippen LogP contribution is -2.43. The maximum absolute atomic E-state index is 12.8. The molecule has 42 heavy (non-hydrogen) atoms. The minimum Gasteiger partial charge on any atom is -0.494 e. The van der Waals surface area contributed by atoms with E-state index in [1.807, 2.05) is 18.2 Å². The molecular weight excluding hydrogens is 549 g/mol. The molecule has 0 N–H and O–H groups in total. The summed E-state index contributed by atoms with van der Waals surface area (Å²) in [5.41, 5.74) is 4.86. The normalized spacial score (nSPS) is 16.7. The molecule has 2 aliphatic rings. The van der Waals surface area contributed by atoms with Gasteiger partial charge in [-0.1, -0.05) is 32.4 Å². The Morgan fingerprint density at radius 1 is 0.857 bits per heavy atom. The van der Waals surface area contributed by atoms with Crippen LogP contribution in [0.4, 0.5) is 13.2 Å². The average molecular weight is 585 g/mol. The van der Waals surface area contributed by atoms with Crippen molar-refractivity contribution < 1.29 is 41.7 Å². The van der Waals surface area contributed by atoms with Crippen LogP contribution >= 0.6 is 0 Å². The summed E-state index contributed by atoms with van der Waals surface area (Å²) < 4.78 is 63.4. The number of unbranched alkanes of at least 4 members (excludes halogenated alkanes) is 3. The molecule has 1 unspecified atom stereocenters. The van der Waals surface area contributed by atoms with E-state index in [1.165, 1.54) is 12.1 Å². The molecule has 3 aromatic carbocycles. The number of fused-ring (bicyclic) bond motifs is 3. The van der Waals surface area contributed by atoms with Crippen molar-refractivity contribution in [3.05, 3.63) is 77.4 Å². The fourth-order valence-corrected chi connectivity index (χ4v) is 5.27. The van der Waals surface area contributed by atoms with Gasteiger partial charge in [0.05, 0.1) is 32.0 Å². The highest BCUT2D eigenvalue weighted by atomic mass is 19.4. The maximum Gasteiger partial charge on any atom is 0.573 e. The first kappa shape index (κ1) is 29.9. The molecule has 224 valence electrons. The van der Waals surface area contributed by atoms with Crippen LogP contribution in [0.2, 0.25) is 0 Å². The third kappa shape index (κ3) is 7.44. The van der Waals surface area contributed by atoms with Crippen LogP contribution in [0.3, 0.4) is 0 Å². The van der Waals surface area contributed by atoms with E-state index < -0.39 is 12.3 Å². The number of carbonyl (C=O) groups excluding carboxylic acids is 1. The SMILES string of the molecule is CC1c2cc(OCCCCCCOCC3(C)COC3)ccc2-c2ccc(C(=O)Oc3ccc(OC(F)(F)F)cc3)cc21. The Hall–Kier alpha value is -3.56. The zero-order valence-electron chi connectivity index (χ0n) is 23.8. The Morgan fingerprint density at radius 2 is 1.48 bits per heavy atom. The van der Waals surface area contributed by atoms with Crippen LogP contribution in [0, 0.1) is 5.41 Å². The standard InChI is InChI=1S/C33H35F3O6/c1-22-29-17-23(31(37)41-24-8-10-25(11-9-24)42-33(34,35)36)7-13-27(29)28-14-12-26(18-30(22)28)40-16-6-4-3-5-15-38-19-32(2)20-39-21-32/h7-14,17-18,22H,3-6,15-16,19-21H2,1-2H3. The molecule has 0 aromatic heterocycles. The van der Waals surface area contributed by atoms with E-state index >= 15 is 0 Å². The van der Waals surface area contributed by atoms with Crippen LogP contribution in [0.15, 0.2) is 60.7 Å². The number of carbonyl (C=O) groups is 1. The van der Waals surface area contributed by atoms with Crippen LogP contribution in [-0.2, 0) is 9.47 Å². The lowest BCUT2D eigenvalue weighted by atomic mass is 9.90. The molecule has 1 fully saturated rings. The Labute approximate surface area is 243 Å². The number of ether oxygens (including phenoxy) is 5. The van der Waals surface area contributed by atoms with Crippen LogP contribution in [-0.4, -0.2) is 45.4 Å². The van der Waals surface area contributed by atoms with Gasteiger partial charge < -0.3 is 23.7 Å². The predicted molar refractivity (Wildman–Crippen MR) is 151 cm³/mol. The van der Waals surface area contributed by atoms with Gasteiger partial charge in [-0.3, -0.25) is 0 Å². The fraction of sp³-hybridized carbons (Fsp3) is 0.424. The Balaban J connectivity index is 1.09. The van der Waals surface area contributed by atoms with E-state index in [4.69, 9.17) is 18.9 Å². The van der Waals surface area contributed by atoms with Gasteiger partial charge in [-0.25, -0.2) is 4.79 Å². The van der Waals surface area contributed by atoms with E-state index in [0.29, 0.717) is 12.2 Å². The van der Waals surface area contributed by atoms with Gasteiger partial charge >= 0.3 is 12.3 Å². The molecule has 1 atom stereocenters. The molecule has 1 aliphatic carbocycles. The number of esters is 1. The number of halogens is 3. The summed E-state index contributed by atoms with van der Waals surface area (Å²) >= 11 is 0. The van der Waals surface area contributed by atoms with Crippen LogP contribution in [0.5, 0.6) is 17.2 Å². The van der Waals surface area contributed by atoms with Crippen molar-refractivity contribution >= 4 is 5.97 Å². The first-order valence-corrected chi connectivity index (χ1v) is 14.2. The number of hydrogen-bond donors (Lipinski definition) is 0. The Kier molecular flexibility index (Phi) is 9.08. The second-order valence-corrected chi connectivity index (χ2v) is 11.3. The Morgan fingerprint density at radius 3 is 2.14 bits per heavy atom. The van der Waals surface area contributed by atoms with Gasteiger partial charge in [0, 0.05) is 17.9 Å². The lowest BCUT2D eigenvalue weighted by molar-refractivity contribution is -0.274. The predicted octanol–water partition coefficient (Wildman–Crippen LogP) is 7.93. The van der Waals surface area contributed by atoms with E-state index in [9.17, 15) is 18.0 Å². The van der Waals surface area contributed by atoms with Crippen molar-refractivity contribution in [1.82, 2.24) is 0 Å². The summed E-state index contributed by atoms with van der Waals surface area (Å²) in [4.78, 5) is 12.8. The number of alkyl halides is 3. The maximum atomic E-state index is 12.8. The van der Waals surface area contributed by atoms with Gasteiger partial charge in [0.15, 0.2) is 0 Å². The minimum absolute atomic E-state index is 0.0545. The van der Waals surface area contributed by atoms with Gasteiger partial charge in [0.25, 0.3) is 0 Å². The quantitative estimate of drug-likeness (QED) is 0.116. The summed E-state index contributed by atoms with van der Waals surface area (Å²) in [6, 6.07) is 16.2. The molecule has 0 amide bonds. The van der Waals surface area contributed by atoms with Gasteiger partial charge in [-0.2, -0.15) is 0 Å². The average Bonchev–Trinajstić information content (AvgIpc) is 3.22. The molecule has 0 spiro atoms. The second-order valence-electron chi connectivity index (χ2n) is 11.3. The highest BCUT2D eigenvalue weighted by molar-refractivity contribution is 5.93. The fourth-order valence-electron chi connectivity index (χ4n) is 5.27. The van der Waals surface area contributed by atoms with Crippen molar-refractivity contribution in [3.63, 3.8) is 0 Å². The van der Waals surface area contributed by atoms with Gasteiger partial charge in [0.2, 0.25) is 0 Å². The van der Waals surface area contributed by atoms with Crippen molar-refractivity contribution in [3.8, 4) is 28.4 Å². The van der Waals surface area contributed by atoms with Gasteiger partial charge in [-0.05, 0) is 90.0 Å². The molecule has 1 aliphatic heterocycles. The van der Waals surface area contributed by atoms with Crippen LogP contribution < -0.4 is 14.2 Å². The zero-order chi connectivity index (χ0) is 29.7. The minimum atomic E-state index is -4.79. The molecule has 1 saturated heterocycles. The van der Waals surface area contributed by atoms with Crippen molar-refractivity contribution in [2.24, 2.45) is 5.41 Å². The van der Waals surface area contributed by atoms with E-state index in [2.05, 4.69) is 30.7 Å². The molecule has 3 aromatic rings. The molecule has 1 heterocycles. The second kappa shape index (κ2) is 12.8. The Bertz CT molecular complexity index is 1380. The summed E-state index contributed by atoms with van der Waals surface area (Å²) in [6.45, 7) is 8.06. The van der Waals surface area contributed by atoms with Crippen LogP contribution in [0.25, 0.3) is 11.1 Å². The van der Waals surface area contributed by atoms with Gasteiger partial charge in [-0.15, -0.1) is 13.2 Å². The third-order valence-electron chi connectivity index (χ3n) is 7.60.